The van der Waals surface area contributed by atoms with Crippen LogP contribution >= 0.6 is 0 Å². The Labute approximate surface area is 201 Å². The lowest BCUT2D eigenvalue weighted by Gasteiger charge is -2.14. The van der Waals surface area contributed by atoms with Crippen LogP contribution in [-0.4, -0.2) is 41.6 Å². The van der Waals surface area contributed by atoms with Crippen LogP contribution in [0.25, 0.3) is 0 Å². The molecule has 2 unspecified atom stereocenters. The summed E-state index contributed by atoms with van der Waals surface area (Å²) in [5, 5.41) is 32.5. The third kappa shape index (κ3) is 8.24. The highest BCUT2D eigenvalue weighted by atomic mass is 16.5. The highest BCUT2D eigenvalue weighted by Gasteiger charge is 2.10. The molecule has 0 saturated heterocycles. The largest absolute Gasteiger partial charge is 0.508 e. The zero-order chi connectivity index (χ0) is 24.2. The highest BCUT2D eigenvalue weighted by Crippen LogP contribution is 2.22. The molecule has 34 heavy (non-hydrogen) atoms. The molecule has 0 aromatic heterocycles. The molecule has 4 N–H and O–H groups in total. The second kappa shape index (κ2) is 13.8. The van der Waals surface area contributed by atoms with Crippen molar-refractivity contribution in [3.63, 3.8) is 0 Å². The number of ether oxygens (including phenoxy) is 2. The van der Waals surface area contributed by atoms with Gasteiger partial charge in [0.05, 0.1) is 38.6 Å². The molecule has 3 aromatic carbocycles. The minimum Gasteiger partial charge on any atom is -0.508 e. The van der Waals surface area contributed by atoms with Gasteiger partial charge in [-0.25, -0.2) is 0 Å². The summed E-state index contributed by atoms with van der Waals surface area (Å²) in [5.41, 5.74) is 4.55. The lowest BCUT2D eigenvalue weighted by molar-refractivity contribution is 0.00660. The normalized spacial score (nSPS) is 13.0. The van der Waals surface area contributed by atoms with E-state index in [0.29, 0.717) is 37.5 Å². The summed E-state index contributed by atoms with van der Waals surface area (Å²) in [7, 11) is 0. The first kappa shape index (κ1) is 25.9. The second-order valence-corrected chi connectivity index (χ2v) is 8.31. The van der Waals surface area contributed by atoms with Crippen molar-refractivity contribution in [2.75, 3.05) is 26.3 Å². The van der Waals surface area contributed by atoms with Crippen LogP contribution < -0.4 is 5.32 Å². The zero-order valence-corrected chi connectivity index (χ0v) is 19.7. The van der Waals surface area contributed by atoms with E-state index in [2.05, 4.69) is 35.6 Å². The molecule has 0 amide bonds. The molecule has 0 saturated carbocycles. The standard InChI is InChI=1S/C28H35NO5/c1-21(24-8-3-2-4-9-24)34-15-14-33-20-23-7-5-6-22(16-23)12-13-29-18-28(32)25-10-11-27(31)26(17-25)19-30/h2-11,16-17,21,28-32H,12-15,18-20H2,1H3. The Morgan fingerprint density at radius 1 is 0.882 bits per heavy atom. The van der Waals surface area contributed by atoms with Gasteiger partial charge in [0.25, 0.3) is 0 Å². The minimum atomic E-state index is -0.711. The first-order chi connectivity index (χ1) is 16.6. The van der Waals surface area contributed by atoms with Crippen LogP contribution in [0.5, 0.6) is 5.75 Å². The number of rotatable bonds is 14. The number of aliphatic hydroxyl groups excluding tert-OH is 2. The Balaban J connectivity index is 1.33. The molecule has 6 nitrogen and oxygen atoms in total. The van der Waals surface area contributed by atoms with E-state index in [-0.39, 0.29) is 18.5 Å². The van der Waals surface area contributed by atoms with Crippen molar-refractivity contribution >= 4 is 0 Å². The van der Waals surface area contributed by atoms with Crippen LogP contribution in [0.2, 0.25) is 0 Å². The van der Waals surface area contributed by atoms with Gasteiger partial charge >= 0.3 is 0 Å². The molecule has 0 aliphatic rings. The van der Waals surface area contributed by atoms with E-state index in [1.54, 1.807) is 12.1 Å². The molecule has 182 valence electrons. The van der Waals surface area contributed by atoms with Crippen LogP contribution in [-0.2, 0) is 29.1 Å². The number of nitrogens with one attached hydrogen (secondary N) is 1. The van der Waals surface area contributed by atoms with Crippen LogP contribution in [0, 0.1) is 0 Å². The molecule has 0 aliphatic heterocycles. The van der Waals surface area contributed by atoms with E-state index in [1.807, 2.05) is 31.2 Å². The topological polar surface area (TPSA) is 91.2 Å². The van der Waals surface area contributed by atoms with Gasteiger partial charge in [-0.3, -0.25) is 0 Å². The van der Waals surface area contributed by atoms with Crippen LogP contribution in [0.4, 0.5) is 0 Å². The molecule has 3 aromatic rings. The van der Waals surface area contributed by atoms with Crippen LogP contribution in [0.15, 0.2) is 72.8 Å². The third-order valence-corrected chi connectivity index (χ3v) is 5.71. The third-order valence-electron chi connectivity index (χ3n) is 5.71. The van der Waals surface area contributed by atoms with Crippen molar-refractivity contribution in [3.8, 4) is 5.75 Å². The molecular formula is C28H35NO5. The summed E-state index contributed by atoms with van der Waals surface area (Å²) in [6, 6.07) is 23.2. The lowest BCUT2D eigenvalue weighted by atomic mass is 10.0. The monoisotopic (exact) mass is 465 g/mol. The number of aliphatic hydroxyl groups is 2. The summed E-state index contributed by atoms with van der Waals surface area (Å²) in [5.74, 6) is 0.0320. The van der Waals surface area contributed by atoms with Gasteiger partial charge in [-0.05, 0) is 54.3 Å². The number of aromatic hydroxyl groups is 1. The average Bonchev–Trinajstić information content (AvgIpc) is 2.87. The van der Waals surface area contributed by atoms with Gasteiger partial charge in [-0.1, -0.05) is 60.7 Å². The molecule has 3 rings (SSSR count). The molecule has 0 bridgehead atoms. The van der Waals surface area contributed by atoms with Crippen molar-refractivity contribution in [2.45, 2.75) is 38.8 Å². The van der Waals surface area contributed by atoms with E-state index in [4.69, 9.17) is 9.47 Å². The Kier molecular flexibility index (Phi) is 10.5. The van der Waals surface area contributed by atoms with Crippen molar-refractivity contribution < 1.29 is 24.8 Å². The van der Waals surface area contributed by atoms with Crippen molar-refractivity contribution in [2.24, 2.45) is 0 Å². The fraction of sp³-hybridized carbons (Fsp3) is 0.357. The molecule has 0 aliphatic carbocycles. The van der Waals surface area contributed by atoms with Gasteiger partial charge in [0.1, 0.15) is 5.75 Å². The van der Waals surface area contributed by atoms with Crippen LogP contribution in [0.1, 0.15) is 46.9 Å². The Morgan fingerprint density at radius 3 is 2.47 bits per heavy atom. The van der Waals surface area contributed by atoms with E-state index in [1.165, 1.54) is 11.6 Å². The van der Waals surface area contributed by atoms with E-state index >= 15 is 0 Å². The molecule has 6 heteroatoms. The first-order valence-electron chi connectivity index (χ1n) is 11.7. The number of hydrogen-bond acceptors (Lipinski definition) is 6. The van der Waals surface area contributed by atoms with Crippen molar-refractivity contribution in [1.29, 1.82) is 0 Å². The average molecular weight is 466 g/mol. The fourth-order valence-electron chi connectivity index (χ4n) is 3.70. The van der Waals surface area contributed by atoms with Gasteiger partial charge in [0.2, 0.25) is 0 Å². The molecular weight excluding hydrogens is 430 g/mol. The fourth-order valence-corrected chi connectivity index (χ4v) is 3.70. The maximum absolute atomic E-state index is 10.4. The number of hydrogen-bond donors (Lipinski definition) is 4. The molecule has 2 atom stereocenters. The predicted octanol–water partition coefficient (Wildman–Crippen LogP) is 4.04. The van der Waals surface area contributed by atoms with E-state index in [9.17, 15) is 15.3 Å². The zero-order valence-electron chi connectivity index (χ0n) is 19.7. The van der Waals surface area contributed by atoms with Gasteiger partial charge in [-0.15, -0.1) is 0 Å². The predicted molar refractivity (Wildman–Crippen MR) is 132 cm³/mol. The van der Waals surface area contributed by atoms with Crippen molar-refractivity contribution in [3.05, 3.63) is 101 Å². The van der Waals surface area contributed by atoms with Crippen molar-refractivity contribution in [1.82, 2.24) is 5.32 Å². The maximum Gasteiger partial charge on any atom is 0.121 e. The summed E-state index contributed by atoms with van der Waals surface area (Å²) >= 11 is 0. The SMILES string of the molecule is CC(OCCOCc1cccc(CCNCC(O)c2ccc(O)c(CO)c2)c1)c1ccccc1. The molecule has 0 spiro atoms. The summed E-state index contributed by atoms with van der Waals surface area (Å²) < 4.78 is 11.6. The molecule has 0 fully saturated rings. The van der Waals surface area contributed by atoms with E-state index in [0.717, 1.165) is 24.1 Å². The van der Waals surface area contributed by atoms with Crippen LogP contribution in [0.3, 0.4) is 0 Å². The van der Waals surface area contributed by atoms with Gasteiger partial charge in [-0.2, -0.15) is 0 Å². The Hall–Kier alpha value is -2.74. The van der Waals surface area contributed by atoms with E-state index < -0.39 is 6.10 Å². The smallest absolute Gasteiger partial charge is 0.121 e. The Morgan fingerprint density at radius 2 is 1.68 bits per heavy atom. The second-order valence-electron chi connectivity index (χ2n) is 8.31. The summed E-state index contributed by atoms with van der Waals surface area (Å²) in [4.78, 5) is 0. The number of benzene rings is 3. The van der Waals surface area contributed by atoms with Gasteiger partial charge in [0, 0.05) is 12.1 Å². The highest BCUT2D eigenvalue weighted by molar-refractivity contribution is 5.36. The minimum absolute atomic E-state index is 0.0320. The maximum atomic E-state index is 10.4. The quantitative estimate of drug-likeness (QED) is 0.269. The lowest BCUT2D eigenvalue weighted by Crippen LogP contribution is -2.23. The van der Waals surface area contributed by atoms with Gasteiger partial charge < -0.3 is 30.1 Å². The summed E-state index contributed by atoms with van der Waals surface area (Å²) in [6.45, 7) is 4.51. The number of phenols is 1. The van der Waals surface area contributed by atoms with Gasteiger partial charge in [0.15, 0.2) is 0 Å². The first-order valence-corrected chi connectivity index (χ1v) is 11.7. The molecule has 0 heterocycles. The molecule has 0 radical (unpaired) electrons. The Bertz CT molecular complexity index is 995. The summed E-state index contributed by atoms with van der Waals surface area (Å²) in [6.07, 6.45) is 0.165.